The van der Waals surface area contributed by atoms with Crippen molar-refractivity contribution in [1.82, 2.24) is 24.8 Å². The molecule has 2 aromatic carbocycles. The number of amides is 2. The van der Waals surface area contributed by atoms with E-state index in [-0.39, 0.29) is 17.2 Å². The first kappa shape index (κ1) is 29.7. The number of para-hydroxylation sites is 1. The molecular weight excluding hydrogens is 572 g/mol. The van der Waals surface area contributed by atoms with Gasteiger partial charge < -0.3 is 19.4 Å². The molecular formula is C34H38N6O3S. The molecule has 9 nitrogen and oxygen atoms in total. The Labute approximate surface area is 262 Å². The molecule has 0 aliphatic carbocycles. The number of likely N-dealkylation sites (tertiary alicyclic amines) is 1. The van der Waals surface area contributed by atoms with Crippen molar-refractivity contribution in [2.75, 3.05) is 44.2 Å². The second-order valence-corrected chi connectivity index (χ2v) is 12.4. The van der Waals surface area contributed by atoms with Crippen LogP contribution in [-0.2, 0) is 6.54 Å². The van der Waals surface area contributed by atoms with Gasteiger partial charge in [-0.15, -0.1) is 11.3 Å². The van der Waals surface area contributed by atoms with E-state index in [1.165, 1.54) is 11.3 Å². The van der Waals surface area contributed by atoms with Crippen LogP contribution in [0.2, 0.25) is 0 Å². The minimum atomic E-state index is -0.125. The van der Waals surface area contributed by atoms with E-state index in [4.69, 9.17) is 9.72 Å². The van der Waals surface area contributed by atoms with Gasteiger partial charge in [-0.2, -0.15) is 0 Å². The SMILES string of the molecule is Cc1nccc(N2CCCC3(CCN(C(=O)c4cscn4)CC3)COc3ccccc3C(=O)N(Cc3ccccc3)CC2)n1. The highest BCUT2D eigenvalue weighted by Crippen LogP contribution is 2.38. The molecule has 0 bridgehead atoms. The summed E-state index contributed by atoms with van der Waals surface area (Å²) < 4.78 is 6.56. The maximum atomic E-state index is 14.2. The lowest BCUT2D eigenvalue weighted by atomic mass is 9.75. The summed E-state index contributed by atoms with van der Waals surface area (Å²) in [6, 6.07) is 19.6. The number of piperidine rings is 1. The number of nitrogens with zero attached hydrogens (tertiary/aromatic N) is 6. The van der Waals surface area contributed by atoms with Crippen LogP contribution in [0.25, 0.3) is 0 Å². The minimum absolute atomic E-state index is 0.00795. The van der Waals surface area contributed by atoms with Crippen LogP contribution in [0.5, 0.6) is 5.75 Å². The van der Waals surface area contributed by atoms with Crippen LogP contribution in [-0.4, -0.2) is 75.9 Å². The summed E-state index contributed by atoms with van der Waals surface area (Å²) in [5.41, 5.74) is 3.73. The van der Waals surface area contributed by atoms with Gasteiger partial charge in [0, 0.05) is 56.3 Å². The van der Waals surface area contributed by atoms with Crippen molar-refractivity contribution in [3.8, 4) is 5.75 Å². The quantitative estimate of drug-likeness (QED) is 0.302. The van der Waals surface area contributed by atoms with Gasteiger partial charge in [0.25, 0.3) is 11.8 Å². The topological polar surface area (TPSA) is 91.8 Å². The number of aromatic nitrogens is 3. The lowest BCUT2D eigenvalue weighted by molar-refractivity contribution is 0.0360. The zero-order valence-electron chi connectivity index (χ0n) is 25.1. The molecule has 0 unspecified atom stereocenters. The van der Waals surface area contributed by atoms with Crippen molar-refractivity contribution in [3.63, 3.8) is 0 Å². The van der Waals surface area contributed by atoms with E-state index in [1.54, 1.807) is 11.7 Å². The molecule has 228 valence electrons. The third kappa shape index (κ3) is 6.91. The highest BCUT2D eigenvalue weighted by atomic mass is 32.1. The second-order valence-electron chi connectivity index (χ2n) is 11.7. The van der Waals surface area contributed by atoms with Crippen LogP contribution < -0.4 is 9.64 Å². The van der Waals surface area contributed by atoms with Crippen molar-refractivity contribution < 1.29 is 14.3 Å². The monoisotopic (exact) mass is 610 g/mol. The van der Waals surface area contributed by atoms with Gasteiger partial charge in [-0.3, -0.25) is 9.59 Å². The Bertz CT molecular complexity index is 1560. The van der Waals surface area contributed by atoms with E-state index in [0.717, 1.165) is 49.4 Å². The number of hydrogen-bond donors (Lipinski definition) is 0. The molecule has 2 aromatic heterocycles. The molecule has 0 N–H and O–H groups in total. The number of aryl methyl sites for hydroxylation is 1. The predicted molar refractivity (Wildman–Crippen MR) is 171 cm³/mol. The van der Waals surface area contributed by atoms with E-state index >= 15 is 0 Å². The fourth-order valence-corrected chi connectivity index (χ4v) is 6.73. The van der Waals surface area contributed by atoms with Gasteiger partial charge in [0.15, 0.2) is 0 Å². The number of ether oxygens (including phenoxy) is 1. The number of fused-ring (bicyclic) bond motifs is 1. The van der Waals surface area contributed by atoms with Gasteiger partial charge in [0.05, 0.1) is 17.7 Å². The van der Waals surface area contributed by atoms with Gasteiger partial charge in [-0.1, -0.05) is 42.5 Å². The molecule has 0 saturated carbocycles. The first-order valence-electron chi connectivity index (χ1n) is 15.3. The molecule has 2 aliphatic heterocycles. The molecule has 0 radical (unpaired) electrons. The van der Waals surface area contributed by atoms with Crippen LogP contribution >= 0.6 is 11.3 Å². The first-order chi connectivity index (χ1) is 21.5. The molecule has 2 amide bonds. The van der Waals surface area contributed by atoms with E-state index in [0.29, 0.717) is 56.3 Å². The van der Waals surface area contributed by atoms with Crippen molar-refractivity contribution in [2.24, 2.45) is 5.41 Å². The number of benzene rings is 2. The zero-order chi connectivity index (χ0) is 30.4. The van der Waals surface area contributed by atoms with Crippen LogP contribution in [0.4, 0.5) is 5.82 Å². The molecule has 1 saturated heterocycles. The Kier molecular flexibility index (Phi) is 9.16. The van der Waals surface area contributed by atoms with Crippen LogP contribution in [0, 0.1) is 12.3 Å². The normalized spacial score (nSPS) is 17.7. The number of rotatable bonds is 4. The van der Waals surface area contributed by atoms with E-state index < -0.39 is 0 Å². The van der Waals surface area contributed by atoms with Crippen LogP contribution in [0.15, 0.2) is 77.8 Å². The Balaban J connectivity index is 1.29. The summed E-state index contributed by atoms with van der Waals surface area (Å²) in [5, 5.41) is 1.81. The maximum Gasteiger partial charge on any atom is 0.273 e. The van der Waals surface area contributed by atoms with Gasteiger partial charge in [0.1, 0.15) is 23.1 Å². The zero-order valence-corrected chi connectivity index (χ0v) is 25.9. The Morgan fingerprint density at radius 1 is 0.932 bits per heavy atom. The summed E-state index contributed by atoms with van der Waals surface area (Å²) in [6.45, 7) is 6.16. The second kappa shape index (κ2) is 13.5. The van der Waals surface area contributed by atoms with Gasteiger partial charge in [-0.25, -0.2) is 15.0 Å². The molecule has 2 aliphatic rings. The lowest BCUT2D eigenvalue weighted by Gasteiger charge is -2.42. The molecule has 4 heterocycles. The van der Waals surface area contributed by atoms with Crippen molar-refractivity contribution in [3.05, 3.63) is 100 Å². The minimum Gasteiger partial charge on any atom is -0.492 e. The smallest absolute Gasteiger partial charge is 0.273 e. The Hall–Kier alpha value is -4.31. The highest BCUT2D eigenvalue weighted by molar-refractivity contribution is 7.07. The fraction of sp³-hybridized carbons (Fsp3) is 0.382. The standard InChI is InChI=1S/C34H38N6O3S/c1-26-35-16-12-31(37-26)38-17-7-13-34(14-18-39(19-15-34)33(42)29-23-44-25-36-29)24-43-30-11-6-5-10-28(30)32(41)40(21-20-38)22-27-8-3-2-4-9-27/h2-6,8-12,16,23,25H,7,13-15,17-22,24H2,1H3. The van der Waals surface area contributed by atoms with Crippen LogP contribution in [0.3, 0.4) is 0 Å². The summed E-state index contributed by atoms with van der Waals surface area (Å²) in [6.07, 6.45) is 5.32. The lowest BCUT2D eigenvalue weighted by Crippen LogP contribution is -2.46. The molecule has 4 aromatic rings. The average Bonchev–Trinajstić information content (AvgIpc) is 3.60. The van der Waals surface area contributed by atoms with E-state index in [9.17, 15) is 9.59 Å². The van der Waals surface area contributed by atoms with Gasteiger partial charge in [0.2, 0.25) is 0 Å². The predicted octanol–water partition coefficient (Wildman–Crippen LogP) is 5.49. The first-order valence-corrected chi connectivity index (χ1v) is 16.2. The summed E-state index contributed by atoms with van der Waals surface area (Å²) in [4.78, 5) is 46.6. The maximum absolute atomic E-state index is 14.2. The van der Waals surface area contributed by atoms with Crippen molar-refractivity contribution in [2.45, 2.75) is 39.2 Å². The highest BCUT2D eigenvalue weighted by Gasteiger charge is 2.38. The Morgan fingerprint density at radius 2 is 1.73 bits per heavy atom. The fourth-order valence-electron chi connectivity index (χ4n) is 6.20. The molecule has 1 fully saturated rings. The Morgan fingerprint density at radius 3 is 2.50 bits per heavy atom. The van der Waals surface area contributed by atoms with Crippen molar-refractivity contribution >= 4 is 29.0 Å². The molecule has 6 rings (SSSR count). The number of thiazole rings is 1. The number of carbonyl (C=O) groups excluding carboxylic acids is 2. The van der Waals surface area contributed by atoms with Crippen LogP contribution in [0.1, 0.15) is 57.9 Å². The number of hydrogen-bond acceptors (Lipinski definition) is 8. The molecule has 10 heteroatoms. The summed E-state index contributed by atoms with van der Waals surface area (Å²) in [7, 11) is 0. The van der Waals surface area contributed by atoms with Crippen molar-refractivity contribution in [1.29, 1.82) is 0 Å². The molecule has 0 atom stereocenters. The third-order valence-electron chi connectivity index (χ3n) is 8.78. The summed E-state index contributed by atoms with van der Waals surface area (Å²) >= 11 is 1.44. The largest absolute Gasteiger partial charge is 0.492 e. The third-order valence-corrected chi connectivity index (χ3v) is 9.36. The van der Waals surface area contributed by atoms with E-state index in [2.05, 4.69) is 27.0 Å². The van der Waals surface area contributed by atoms with E-state index in [1.807, 2.05) is 70.6 Å². The number of carbonyl (C=O) groups is 2. The molecule has 1 spiro atoms. The average molecular weight is 611 g/mol. The number of anilines is 1. The summed E-state index contributed by atoms with van der Waals surface area (Å²) in [5.74, 6) is 2.14. The molecule has 44 heavy (non-hydrogen) atoms. The van der Waals surface area contributed by atoms with Gasteiger partial charge in [-0.05, 0) is 56.4 Å². The van der Waals surface area contributed by atoms with Gasteiger partial charge >= 0.3 is 0 Å².